The number of carbonyl (C=O) groups is 1. The molecule has 1 rings (SSSR count). The summed E-state index contributed by atoms with van der Waals surface area (Å²) in [6.07, 6.45) is -6.93. The van der Waals surface area contributed by atoms with Crippen LogP contribution in [0.1, 0.15) is 32.4 Å². The molecule has 0 bridgehead atoms. The van der Waals surface area contributed by atoms with E-state index >= 15 is 0 Å². The van der Waals surface area contributed by atoms with Gasteiger partial charge in [0, 0.05) is 0 Å². The van der Waals surface area contributed by atoms with E-state index in [0.29, 0.717) is 0 Å². The normalized spacial score (nSPS) is 14.2. The Morgan fingerprint density at radius 3 is 2.12 bits per heavy atom. The molecule has 0 spiro atoms. The van der Waals surface area contributed by atoms with E-state index in [0.717, 1.165) is 6.07 Å². The maximum Gasteiger partial charge on any atom is 0.573 e. The van der Waals surface area contributed by atoms with Crippen molar-refractivity contribution in [2.75, 3.05) is 0 Å². The number of carboxylic acids is 1. The molecule has 1 atom stereocenters. The summed E-state index contributed by atoms with van der Waals surface area (Å²) >= 11 is 0. The quantitative estimate of drug-likeness (QED) is 0.768. The summed E-state index contributed by atoms with van der Waals surface area (Å²) in [5.74, 6) is -2.39. The molecule has 0 radical (unpaired) electrons. The summed E-state index contributed by atoms with van der Waals surface area (Å²) in [6.45, 7) is 9.47. The van der Waals surface area contributed by atoms with Crippen LogP contribution in [0.25, 0.3) is 0 Å². The lowest BCUT2D eigenvalue weighted by molar-refractivity contribution is -0.275. The van der Waals surface area contributed by atoms with E-state index in [-0.39, 0.29) is 16.4 Å². The van der Waals surface area contributed by atoms with Crippen molar-refractivity contribution in [1.82, 2.24) is 0 Å². The first kappa shape index (κ1) is 20.3. The third-order valence-electron chi connectivity index (χ3n) is 3.91. The van der Waals surface area contributed by atoms with Crippen molar-refractivity contribution in [3.05, 3.63) is 23.8 Å². The molecule has 0 aliphatic carbocycles. The predicted octanol–water partition coefficient (Wildman–Crippen LogP) is 4.09. The number of aliphatic carboxylic acids is 1. The molecule has 0 aliphatic heterocycles. The fourth-order valence-corrected chi connectivity index (χ4v) is 2.58. The average molecular weight is 366 g/mol. The largest absolute Gasteiger partial charge is 0.573 e. The van der Waals surface area contributed by atoms with Crippen molar-refractivity contribution in [1.29, 1.82) is 0 Å². The summed E-state index contributed by atoms with van der Waals surface area (Å²) in [5.41, 5.74) is -0.232. The summed E-state index contributed by atoms with van der Waals surface area (Å²) in [7, 11) is -2.45. The lowest BCUT2D eigenvalue weighted by Gasteiger charge is -2.37. The Morgan fingerprint density at radius 1 is 1.17 bits per heavy atom. The second-order valence-corrected chi connectivity index (χ2v) is 11.6. The number of aliphatic hydroxyl groups excluding tert-OH is 1. The SMILES string of the molecule is CC(C)(C)[Si](C)(C)Oc1ccc(C(O)C(=O)O)cc1OC(F)(F)F. The van der Waals surface area contributed by atoms with Crippen LogP contribution >= 0.6 is 0 Å². The molecule has 0 amide bonds. The smallest absolute Gasteiger partial charge is 0.541 e. The van der Waals surface area contributed by atoms with Gasteiger partial charge in [0.2, 0.25) is 0 Å². The standard InChI is InChI=1S/C15H21F3O5Si/c1-14(2,3)24(4,5)23-10-7-6-9(12(19)13(20)21)8-11(10)22-15(16,17)18/h6-8,12,19H,1-5H3,(H,20,21). The lowest BCUT2D eigenvalue weighted by atomic mass is 10.1. The number of hydrogen-bond donors (Lipinski definition) is 2. The highest BCUT2D eigenvalue weighted by Crippen LogP contribution is 2.41. The zero-order valence-corrected chi connectivity index (χ0v) is 15.1. The Labute approximate surface area is 139 Å². The Balaban J connectivity index is 3.31. The van der Waals surface area contributed by atoms with Gasteiger partial charge >= 0.3 is 12.3 Å². The van der Waals surface area contributed by atoms with Crippen molar-refractivity contribution in [2.45, 2.75) is 51.4 Å². The van der Waals surface area contributed by atoms with Crippen molar-refractivity contribution in [2.24, 2.45) is 0 Å². The number of rotatable bonds is 5. The topological polar surface area (TPSA) is 76.0 Å². The van der Waals surface area contributed by atoms with E-state index in [4.69, 9.17) is 9.53 Å². The van der Waals surface area contributed by atoms with Gasteiger partial charge < -0.3 is 19.4 Å². The van der Waals surface area contributed by atoms with Crippen LogP contribution in [0.15, 0.2) is 18.2 Å². The highest BCUT2D eigenvalue weighted by atomic mass is 28.4. The molecular weight excluding hydrogens is 345 g/mol. The van der Waals surface area contributed by atoms with Crippen LogP contribution in [0.5, 0.6) is 11.5 Å². The van der Waals surface area contributed by atoms with Crippen LogP contribution in [0.3, 0.4) is 0 Å². The summed E-state index contributed by atoms with van der Waals surface area (Å²) in [4.78, 5) is 10.8. The summed E-state index contributed by atoms with van der Waals surface area (Å²) < 4.78 is 47.7. The van der Waals surface area contributed by atoms with Gasteiger partial charge in [-0.2, -0.15) is 0 Å². The minimum Gasteiger partial charge on any atom is -0.541 e. The minimum atomic E-state index is -4.97. The molecule has 1 unspecified atom stereocenters. The van der Waals surface area contributed by atoms with Gasteiger partial charge in [-0.05, 0) is 35.8 Å². The zero-order valence-electron chi connectivity index (χ0n) is 14.1. The highest BCUT2D eigenvalue weighted by molar-refractivity contribution is 6.74. The molecule has 1 aromatic rings. The van der Waals surface area contributed by atoms with Gasteiger partial charge in [0.1, 0.15) is 5.75 Å². The molecule has 0 heterocycles. The number of hydrogen-bond acceptors (Lipinski definition) is 4. The molecule has 0 aromatic heterocycles. The predicted molar refractivity (Wildman–Crippen MR) is 83.5 cm³/mol. The molecule has 24 heavy (non-hydrogen) atoms. The maximum atomic E-state index is 12.6. The monoisotopic (exact) mass is 366 g/mol. The summed E-state index contributed by atoms with van der Waals surface area (Å²) in [6, 6.07) is 3.21. The zero-order chi connectivity index (χ0) is 18.9. The van der Waals surface area contributed by atoms with Crippen LogP contribution in [-0.4, -0.2) is 30.9 Å². The minimum absolute atomic E-state index is 0.139. The number of halogens is 3. The Hall–Kier alpha value is -1.74. The first-order chi connectivity index (χ1) is 10.6. The van der Waals surface area contributed by atoms with Gasteiger partial charge in [0.25, 0.3) is 8.32 Å². The van der Waals surface area contributed by atoms with Gasteiger partial charge in [0.05, 0.1) is 0 Å². The van der Waals surface area contributed by atoms with E-state index in [1.165, 1.54) is 12.1 Å². The highest BCUT2D eigenvalue weighted by Gasteiger charge is 2.40. The first-order valence-corrected chi connectivity index (χ1v) is 10.0. The molecule has 0 fully saturated rings. The Kier molecular flexibility index (Phi) is 5.61. The number of aliphatic hydroxyl groups is 1. The molecule has 9 heteroatoms. The van der Waals surface area contributed by atoms with Crippen LogP contribution in [0, 0.1) is 0 Å². The van der Waals surface area contributed by atoms with Gasteiger partial charge in [-0.3, -0.25) is 0 Å². The van der Waals surface area contributed by atoms with E-state index in [1.807, 2.05) is 33.9 Å². The van der Waals surface area contributed by atoms with Crippen LogP contribution in [0.2, 0.25) is 18.1 Å². The average Bonchev–Trinajstić information content (AvgIpc) is 2.36. The fraction of sp³-hybridized carbons (Fsp3) is 0.533. The van der Waals surface area contributed by atoms with E-state index < -0.39 is 32.5 Å². The molecule has 136 valence electrons. The van der Waals surface area contributed by atoms with E-state index in [9.17, 15) is 23.1 Å². The second kappa shape index (κ2) is 6.64. The lowest BCUT2D eigenvalue weighted by Crippen LogP contribution is -2.44. The van der Waals surface area contributed by atoms with Crippen LogP contribution < -0.4 is 9.16 Å². The van der Waals surface area contributed by atoms with Crippen molar-refractivity contribution in [3.63, 3.8) is 0 Å². The molecule has 0 saturated carbocycles. The fourth-order valence-electron chi connectivity index (χ4n) is 1.55. The van der Waals surface area contributed by atoms with Gasteiger partial charge in [0.15, 0.2) is 11.9 Å². The molecule has 2 N–H and O–H groups in total. The molecule has 1 aromatic carbocycles. The molecule has 0 aliphatic rings. The van der Waals surface area contributed by atoms with Gasteiger partial charge in [-0.25, -0.2) is 4.79 Å². The van der Waals surface area contributed by atoms with Crippen molar-refractivity contribution >= 4 is 14.3 Å². The number of carboxylic acid groups (broad SMARTS) is 1. The third kappa shape index (κ3) is 5.13. The second-order valence-electron chi connectivity index (χ2n) is 6.86. The number of benzene rings is 1. The van der Waals surface area contributed by atoms with Crippen molar-refractivity contribution < 1.29 is 37.3 Å². The number of ether oxygens (including phenoxy) is 1. The van der Waals surface area contributed by atoms with Gasteiger partial charge in [-0.1, -0.05) is 26.8 Å². The third-order valence-corrected chi connectivity index (χ3v) is 8.26. The number of alkyl halides is 3. The van der Waals surface area contributed by atoms with E-state index in [2.05, 4.69) is 4.74 Å². The first-order valence-electron chi connectivity index (χ1n) is 7.13. The van der Waals surface area contributed by atoms with Crippen molar-refractivity contribution in [3.8, 4) is 11.5 Å². The molecule has 5 nitrogen and oxygen atoms in total. The summed E-state index contributed by atoms with van der Waals surface area (Å²) in [5, 5.41) is 18.0. The van der Waals surface area contributed by atoms with E-state index in [1.54, 1.807) is 0 Å². The van der Waals surface area contributed by atoms with Crippen LogP contribution in [-0.2, 0) is 4.79 Å². The molecular formula is C15H21F3O5Si. The maximum absolute atomic E-state index is 12.6. The Bertz CT molecular complexity index is 608. The van der Waals surface area contributed by atoms with Gasteiger partial charge in [-0.15, -0.1) is 13.2 Å². The van der Waals surface area contributed by atoms with Crippen LogP contribution in [0.4, 0.5) is 13.2 Å². The molecule has 0 saturated heterocycles. The Morgan fingerprint density at radius 2 is 1.71 bits per heavy atom.